The topological polar surface area (TPSA) is 68.8 Å². The van der Waals surface area contributed by atoms with E-state index < -0.39 is 11.6 Å². The van der Waals surface area contributed by atoms with Gasteiger partial charge in [-0.3, -0.25) is 9.79 Å². The molecule has 0 saturated carbocycles. The molecule has 3 N–H and O–H groups in total. The summed E-state index contributed by atoms with van der Waals surface area (Å²) in [4.78, 5) is 17.7. The second-order valence-corrected chi connectivity index (χ2v) is 6.87. The summed E-state index contributed by atoms with van der Waals surface area (Å²) in [6, 6.07) is 11.1. The highest BCUT2D eigenvalue weighted by Crippen LogP contribution is 2.24. The average Bonchev–Trinajstić information content (AvgIpc) is 3.19. The van der Waals surface area contributed by atoms with E-state index >= 15 is 0 Å². The van der Waals surface area contributed by atoms with Gasteiger partial charge in [0.05, 0.1) is 5.69 Å². The number of nitrogens with zero attached hydrogens (tertiary/aromatic N) is 2. The lowest BCUT2D eigenvalue weighted by Gasteiger charge is -2.21. The molecule has 0 spiro atoms. The average molecular weight is 401 g/mol. The molecule has 1 aliphatic heterocycles. The van der Waals surface area contributed by atoms with Crippen LogP contribution in [0.5, 0.6) is 0 Å². The Labute approximate surface area is 169 Å². The van der Waals surface area contributed by atoms with Gasteiger partial charge >= 0.3 is 0 Å². The van der Waals surface area contributed by atoms with Gasteiger partial charge in [0.15, 0.2) is 5.96 Å². The molecule has 2 aromatic rings. The third kappa shape index (κ3) is 5.22. The molecule has 1 aliphatic rings. The van der Waals surface area contributed by atoms with Gasteiger partial charge in [-0.25, -0.2) is 8.78 Å². The quantitative estimate of drug-likeness (QED) is 0.531. The molecule has 1 heterocycles. The van der Waals surface area contributed by atoms with E-state index in [0.29, 0.717) is 36.8 Å². The van der Waals surface area contributed by atoms with Crippen LogP contribution in [0.1, 0.15) is 22.3 Å². The number of aliphatic imine (C=N–C) groups is 1. The van der Waals surface area contributed by atoms with Crippen molar-refractivity contribution in [3.8, 4) is 0 Å². The zero-order valence-corrected chi connectivity index (χ0v) is 16.5. The van der Waals surface area contributed by atoms with E-state index in [-0.39, 0.29) is 11.9 Å². The number of hydrogen-bond acceptors (Lipinski definition) is 3. The molecule has 0 bridgehead atoms. The SMILES string of the molecule is CN=C(NCc1ccc(C(=O)NC)cc1)NC1CCN(c2ccc(F)cc2F)C1. The van der Waals surface area contributed by atoms with Crippen LogP contribution in [0.2, 0.25) is 0 Å². The number of anilines is 1. The summed E-state index contributed by atoms with van der Waals surface area (Å²) in [6.07, 6.45) is 0.818. The van der Waals surface area contributed by atoms with Crippen molar-refractivity contribution in [3.05, 3.63) is 65.2 Å². The van der Waals surface area contributed by atoms with Crippen LogP contribution < -0.4 is 20.9 Å². The maximum atomic E-state index is 14.0. The van der Waals surface area contributed by atoms with Crippen LogP contribution in [0.15, 0.2) is 47.5 Å². The number of rotatable bonds is 5. The Hall–Kier alpha value is -3.16. The predicted molar refractivity (Wildman–Crippen MR) is 110 cm³/mol. The standard InChI is InChI=1S/C21H25F2N5O/c1-24-20(29)15-5-3-14(4-6-15)12-26-21(25-2)27-17-9-10-28(13-17)19-8-7-16(22)11-18(19)23/h3-8,11,17H,9-10,12-13H2,1-2H3,(H,24,29)(H2,25,26,27). The largest absolute Gasteiger partial charge is 0.367 e. The molecule has 1 unspecified atom stereocenters. The summed E-state index contributed by atoms with van der Waals surface area (Å²) in [5.41, 5.74) is 2.04. The van der Waals surface area contributed by atoms with Crippen LogP contribution >= 0.6 is 0 Å². The summed E-state index contributed by atoms with van der Waals surface area (Å²) in [5.74, 6) is -0.599. The molecule has 0 aromatic heterocycles. The van der Waals surface area contributed by atoms with Gasteiger partial charge in [0.2, 0.25) is 0 Å². The first kappa shape index (κ1) is 20.6. The number of benzene rings is 2. The van der Waals surface area contributed by atoms with Gasteiger partial charge in [0, 0.05) is 51.4 Å². The lowest BCUT2D eigenvalue weighted by atomic mass is 10.1. The highest BCUT2D eigenvalue weighted by Gasteiger charge is 2.25. The molecule has 1 saturated heterocycles. The van der Waals surface area contributed by atoms with E-state index in [1.54, 1.807) is 26.2 Å². The van der Waals surface area contributed by atoms with Crippen molar-refractivity contribution < 1.29 is 13.6 Å². The second-order valence-electron chi connectivity index (χ2n) is 6.87. The van der Waals surface area contributed by atoms with Gasteiger partial charge < -0.3 is 20.9 Å². The summed E-state index contributed by atoms with van der Waals surface area (Å²) in [6.45, 7) is 1.83. The van der Waals surface area contributed by atoms with E-state index in [9.17, 15) is 13.6 Å². The first-order valence-corrected chi connectivity index (χ1v) is 9.48. The van der Waals surface area contributed by atoms with Crippen molar-refractivity contribution in [1.29, 1.82) is 0 Å². The summed E-state index contributed by atoms with van der Waals surface area (Å²) >= 11 is 0. The van der Waals surface area contributed by atoms with Gasteiger partial charge in [-0.2, -0.15) is 0 Å². The van der Waals surface area contributed by atoms with Crippen LogP contribution in [-0.2, 0) is 6.54 Å². The highest BCUT2D eigenvalue weighted by molar-refractivity contribution is 5.93. The van der Waals surface area contributed by atoms with E-state index in [1.807, 2.05) is 17.0 Å². The van der Waals surface area contributed by atoms with Gasteiger partial charge in [-0.1, -0.05) is 12.1 Å². The molecule has 1 fully saturated rings. The Bertz CT molecular complexity index is 885. The first-order valence-electron chi connectivity index (χ1n) is 9.48. The van der Waals surface area contributed by atoms with Gasteiger partial charge in [0.25, 0.3) is 5.91 Å². The number of carbonyl (C=O) groups excluding carboxylic acids is 1. The number of nitrogens with one attached hydrogen (secondary N) is 3. The fraction of sp³-hybridized carbons (Fsp3) is 0.333. The molecular weight excluding hydrogens is 376 g/mol. The van der Waals surface area contributed by atoms with E-state index in [2.05, 4.69) is 20.9 Å². The number of amides is 1. The molecule has 2 aromatic carbocycles. The van der Waals surface area contributed by atoms with Crippen molar-refractivity contribution in [1.82, 2.24) is 16.0 Å². The minimum absolute atomic E-state index is 0.0984. The number of hydrogen-bond donors (Lipinski definition) is 3. The zero-order chi connectivity index (χ0) is 20.8. The van der Waals surface area contributed by atoms with Crippen LogP contribution in [-0.4, -0.2) is 45.1 Å². The number of halogens is 2. The van der Waals surface area contributed by atoms with E-state index in [4.69, 9.17) is 0 Å². The van der Waals surface area contributed by atoms with Gasteiger partial charge in [-0.15, -0.1) is 0 Å². The molecular formula is C21H25F2N5O. The van der Waals surface area contributed by atoms with Crippen LogP contribution in [0.25, 0.3) is 0 Å². The third-order valence-corrected chi connectivity index (χ3v) is 4.91. The molecule has 8 heteroatoms. The molecule has 1 atom stereocenters. The van der Waals surface area contributed by atoms with Crippen molar-refractivity contribution in [2.45, 2.75) is 19.0 Å². The molecule has 0 radical (unpaired) electrons. The maximum Gasteiger partial charge on any atom is 0.251 e. The van der Waals surface area contributed by atoms with Gasteiger partial charge in [0.1, 0.15) is 11.6 Å². The molecule has 3 rings (SSSR count). The van der Waals surface area contributed by atoms with Crippen LogP contribution in [0.3, 0.4) is 0 Å². The number of guanidine groups is 1. The summed E-state index contributed by atoms with van der Waals surface area (Å²) in [7, 11) is 3.29. The molecule has 29 heavy (non-hydrogen) atoms. The lowest BCUT2D eigenvalue weighted by Crippen LogP contribution is -2.44. The Morgan fingerprint density at radius 2 is 1.97 bits per heavy atom. The minimum atomic E-state index is -0.576. The van der Waals surface area contributed by atoms with Crippen molar-refractivity contribution in [2.75, 3.05) is 32.1 Å². The minimum Gasteiger partial charge on any atom is -0.367 e. The molecule has 154 valence electrons. The van der Waals surface area contributed by atoms with Crippen LogP contribution in [0, 0.1) is 11.6 Å². The molecule has 6 nitrogen and oxygen atoms in total. The Morgan fingerprint density at radius 3 is 2.62 bits per heavy atom. The summed E-state index contributed by atoms with van der Waals surface area (Å²) in [5, 5.41) is 9.18. The maximum absolute atomic E-state index is 14.0. The monoisotopic (exact) mass is 401 g/mol. The molecule has 1 amide bonds. The third-order valence-electron chi connectivity index (χ3n) is 4.91. The molecule has 0 aliphatic carbocycles. The normalized spacial score (nSPS) is 16.6. The Balaban J connectivity index is 1.52. The smallest absolute Gasteiger partial charge is 0.251 e. The predicted octanol–water partition coefficient (Wildman–Crippen LogP) is 2.27. The fourth-order valence-corrected chi connectivity index (χ4v) is 3.33. The van der Waals surface area contributed by atoms with E-state index in [1.165, 1.54) is 12.1 Å². The lowest BCUT2D eigenvalue weighted by molar-refractivity contribution is 0.0963. The van der Waals surface area contributed by atoms with Gasteiger partial charge in [-0.05, 0) is 36.2 Å². The second kappa shape index (κ2) is 9.36. The van der Waals surface area contributed by atoms with Crippen molar-refractivity contribution >= 4 is 17.6 Å². The summed E-state index contributed by atoms with van der Waals surface area (Å²) < 4.78 is 27.1. The highest BCUT2D eigenvalue weighted by atomic mass is 19.1. The van der Waals surface area contributed by atoms with E-state index in [0.717, 1.165) is 18.1 Å². The zero-order valence-electron chi connectivity index (χ0n) is 16.5. The number of carbonyl (C=O) groups is 1. The Kier molecular flexibility index (Phi) is 6.64. The Morgan fingerprint density at radius 1 is 1.21 bits per heavy atom. The van der Waals surface area contributed by atoms with Crippen LogP contribution in [0.4, 0.5) is 14.5 Å². The first-order chi connectivity index (χ1) is 14.0. The van der Waals surface area contributed by atoms with Crippen molar-refractivity contribution in [3.63, 3.8) is 0 Å². The fourth-order valence-electron chi connectivity index (χ4n) is 3.33. The van der Waals surface area contributed by atoms with Crippen molar-refractivity contribution in [2.24, 2.45) is 4.99 Å².